The Morgan fingerprint density at radius 3 is 2.50 bits per heavy atom. The van der Waals surface area contributed by atoms with Gasteiger partial charge in [0.25, 0.3) is 5.91 Å². The number of carbonyl (C=O) groups excluding carboxylic acids is 1. The molecule has 0 bridgehead atoms. The summed E-state index contributed by atoms with van der Waals surface area (Å²) in [6, 6.07) is 16.8. The van der Waals surface area contributed by atoms with Crippen molar-refractivity contribution >= 4 is 26.8 Å². The maximum atomic E-state index is 13.1. The van der Waals surface area contributed by atoms with Gasteiger partial charge in [-0.25, -0.2) is 8.42 Å². The van der Waals surface area contributed by atoms with Gasteiger partial charge in [0.2, 0.25) is 10.0 Å². The van der Waals surface area contributed by atoms with Gasteiger partial charge < -0.3 is 9.88 Å². The van der Waals surface area contributed by atoms with Gasteiger partial charge in [0.05, 0.1) is 10.5 Å². The molecule has 0 unspecified atom stereocenters. The number of para-hydroxylation sites is 1. The third kappa shape index (κ3) is 4.27. The van der Waals surface area contributed by atoms with E-state index in [0.717, 1.165) is 32.2 Å². The van der Waals surface area contributed by atoms with Gasteiger partial charge in [0.15, 0.2) is 0 Å². The Morgan fingerprint density at radius 1 is 0.933 bits per heavy atom. The molecule has 7 heteroatoms. The molecule has 1 saturated heterocycles. The number of nitrogens with one attached hydrogen (secondary N) is 1. The maximum Gasteiger partial charge on any atom is 0.252 e. The molecule has 158 valence electrons. The van der Waals surface area contributed by atoms with Crippen LogP contribution >= 0.6 is 0 Å². The van der Waals surface area contributed by atoms with E-state index < -0.39 is 10.0 Å². The lowest BCUT2D eigenvalue weighted by molar-refractivity contribution is 0.0949. The van der Waals surface area contributed by atoms with Gasteiger partial charge in [0, 0.05) is 37.9 Å². The largest absolute Gasteiger partial charge is 0.352 e. The van der Waals surface area contributed by atoms with Gasteiger partial charge in [0.1, 0.15) is 0 Å². The fraction of sp³-hybridized carbons (Fsp3) is 0.348. The highest BCUT2D eigenvalue weighted by molar-refractivity contribution is 7.89. The lowest BCUT2D eigenvalue weighted by Gasteiger charge is -2.26. The van der Waals surface area contributed by atoms with Crippen molar-refractivity contribution in [3.63, 3.8) is 0 Å². The Balaban J connectivity index is 1.40. The van der Waals surface area contributed by atoms with E-state index in [9.17, 15) is 13.2 Å². The van der Waals surface area contributed by atoms with Crippen LogP contribution < -0.4 is 5.32 Å². The summed E-state index contributed by atoms with van der Waals surface area (Å²) in [5.74, 6) is -0.344. The van der Waals surface area contributed by atoms with Gasteiger partial charge in [-0.15, -0.1) is 0 Å². The number of nitrogens with zero attached hydrogens (tertiary/aromatic N) is 2. The monoisotopic (exact) mass is 425 g/mol. The van der Waals surface area contributed by atoms with Crippen LogP contribution in [-0.4, -0.2) is 42.8 Å². The summed E-state index contributed by atoms with van der Waals surface area (Å²) < 4.78 is 29.8. The van der Waals surface area contributed by atoms with Crippen LogP contribution in [0.2, 0.25) is 0 Å². The lowest BCUT2D eigenvalue weighted by atomic mass is 10.2. The van der Waals surface area contributed by atoms with Crippen LogP contribution in [-0.2, 0) is 16.6 Å². The summed E-state index contributed by atoms with van der Waals surface area (Å²) in [6.07, 6.45) is 5.58. The van der Waals surface area contributed by atoms with Crippen molar-refractivity contribution in [2.24, 2.45) is 0 Å². The van der Waals surface area contributed by atoms with Crippen molar-refractivity contribution in [2.45, 2.75) is 37.1 Å². The average molecular weight is 426 g/mol. The first kappa shape index (κ1) is 20.6. The summed E-state index contributed by atoms with van der Waals surface area (Å²) in [5, 5.41) is 4.08. The Morgan fingerprint density at radius 2 is 1.67 bits per heavy atom. The van der Waals surface area contributed by atoms with E-state index in [1.807, 2.05) is 18.3 Å². The molecule has 4 rings (SSSR count). The number of fused-ring (bicyclic) bond motifs is 1. The second-order valence-electron chi connectivity index (χ2n) is 7.64. The van der Waals surface area contributed by atoms with E-state index in [-0.39, 0.29) is 16.4 Å². The molecule has 2 heterocycles. The normalized spacial score (nSPS) is 15.3. The minimum absolute atomic E-state index is 0.0980. The molecule has 1 amide bonds. The second kappa shape index (κ2) is 9.02. The van der Waals surface area contributed by atoms with E-state index in [0.29, 0.717) is 19.6 Å². The minimum atomic E-state index is -3.66. The molecular weight excluding hydrogens is 398 g/mol. The van der Waals surface area contributed by atoms with Crippen LogP contribution in [0, 0.1) is 0 Å². The SMILES string of the molecule is O=C(NCCCn1ccc2ccccc21)c1ccccc1S(=O)(=O)N1CCCCC1. The topological polar surface area (TPSA) is 71.4 Å². The zero-order valence-corrected chi connectivity index (χ0v) is 17.8. The summed E-state index contributed by atoms with van der Waals surface area (Å²) in [5.41, 5.74) is 1.39. The molecule has 0 radical (unpaired) electrons. The first-order valence-corrected chi connectivity index (χ1v) is 11.9. The number of amides is 1. The van der Waals surface area contributed by atoms with Gasteiger partial charge in [-0.2, -0.15) is 4.31 Å². The fourth-order valence-corrected chi connectivity index (χ4v) is 5.71. The standard InChI is InChI=1S/C23H27N3O3S/c27-23(24-14-8-15-25-18-13-19-9-2-4-11-21(19)25)20-10-3-5-12-22(20)30(28,29)26-16-6-1-7-17-26/h2-5,9-13,18H,1,6-8,14-17H2,(H,24,27). The van der Waals surface area contributed by atoms with Gasteiger partial charge >= 0.3 is 0 Å². The second-order valence-corrected chi connectivity index (χ2v) is 9.54. The zero-order chi connectivity index (χ0) is 21.0. The molecule has 1 aliphatic rings. The number of carbonyl (C=O) groups is 1. The molecule has 1 N–H and O–H groups in total. The molecule has 0 spiro atoms. The van der Waals surface area contributed by atoms with E-state index in [2.05, 4.69) is 28.1 Å². The molecule has 0 saturated carbocycles. The van der Waals surface area contributed by atoms with Crippen molar-refractivity contribution < 1.29 is 13.2 Å². The van der Waals surface area contributed by atoms with E-state index in [1.165, 1.54) is 21.3 Å². The molecule has 3 aromatic rings. The number of aryl methyl sites for hydroxylation is 1. The number of piperidine rings is 1. The molecule has 1 fully saturated rings. The molecule has 2 aromatic carbocycles. The summed E-state index contributed by atoms with van der Waals surface area (Å²) in [4.78, 5) is 12.9. The molecule has 0 aliphatic carbocycles. The Bertz CT molecular complexity index is 1130. The van der Waals surface area contributed by atoms with Crippen molar-refractivity contribution in [1.82, 2.24) is 14.2 Å². The predicted octanol–water partition coefficient (Wildman–Crippen LogP) is 3.64. The highest BCUT2D eigenvalue weighted by Gasteiger charge is 2.29. The Labute approximate surface area is 177 Å². The molecule has 1 aliphatic heterocycles. The van der Waals surface area contributed by atoms with Crippen LogP contribution in [0.25, 0.3) is 10.9 Å². The minimum Gasteiger partial charge on any atom is -0.352 e. The first-order chi connectivity index (χ1) is 14.6. The predicted molar refractivity (Wildman–Crippen MR) is 118 cm³/mol. The fourth-order valence-electron chi connectivity index (χ4n) is 4.01. The zero-order valence-electron chi connectivity index (χ0n) is 17.0. The summed E-state index contributed by atoms with van der Waals surface area (Å²) in [7, 11) is -3.66. The third-order valence-corrected chi connectivity index (χ3v) is 7.56. The lowest BCUT2D eigenvalue weighted by Crippen LogP contribution is -2.37. The molecular formula is C23H27N3O3S. The van der Waals surface area contributed by atoms with Crippen LogP contribution in [0.1, 0.15) is 36.0 Å². The van der Waals surface area contributed by atoms with Crippen molar-refractivity contribution in [3.05, 3.63) is 66.4 Å². The quantitative estimate of drug-likeness (QED) is 0.588. The van der Waals surface area contributed by atoms with Crippen molar-refractivity contribution in [3.8, 4) is 0 Å². The van der Waals surface area contributed by atoms with Crippen LogP contribution in [0.15, 0.2) is 65.7 Å². The number of benzene rings is 2. The Kier molecular flexibility index (Phi) is 6.20. The van der Waals surface area contributed by atoms with Crippen molar-refractivity contribution in [1.29, 1.82) is 0 Å². The van der Waals surface area contributed by atoms with Gasteiger partial charge in [-0.1, -0.05) is 36.8 Å². The van der Waals surface area contributed by atoms with Crippen LogP contribution in [0.5, 0.6) is 0 Å². The smallest absolute Gasteiger partial charge is 0.252 e. The third-order valence-electron chi connectivity index (χ3n) is 5.61. The number of sulfonamides is 1. The van der Waals surface area contributed by atoms with Crippen molar-refractivity contribution in [2.75, 3.05) is 19.6 Å². The maximum absolute atomic E-state index is 13.1. The number of hydrogen-bond acceptors (Lipinski definition) is 3. The number of rotatable bonds is 7. The summed E-state index contributed by atoms with van der Waals surface area (Å²) in [6.45, 7) is 2.29. The highest BCUT2D eigenvalue weighted by Crippen LogP contribution is 2.23. The van der Waals surface area contributed by atoms with Gasteiger partial charge in [-0.05, 0) is 48.9 Å². The molecule has 0 atom stereocenters. The van der Waals surface area contributed by atoms with E-state index >= 15 is 0 Å². The first-order valence-electron chi connectivity index (χ1n) is 10.5. The van der Waals surface area contributed by atoms with Crippen LogP contribution in [0.3, 0.4) is 0 Å². The van der Waals surface area contributed by atoms with Gasteiger partial charge in [-0.3, -0.25) is 4.79 Å². The van der Waals surface area contributed by atoms with E-state index in [1.54, 1.807) is 18.2 Å². The number of hydrogen-bond donors (Lipinski definition) is 1. The highest BCUT2D eigenvalue weighted by atomic mass is 32.2. The Hall–Kier alpha value is -2.64. The summed E-state index contributed by atoms with van der Waals surface area (Å²) >= 11 is 0. The van der Waals surface area contributed by atoms with E-state index in [4.69, 9.17) is 0 Å². The van der Waals surface area contributed by atoms with Crippen LogP contribution in [0.4, 0.5) is 0 Å². The average Bonchev–Trinajstić information content (AvgIpc) is 3.20. The number of aromatic nitrogens is 1. The molecule has 1 aromatic heterocycles. The molecule has 6 nitrogen and oxygen atoms in total. The molecule has 30 heavy (non-hydrogen) atoms.